The van der Waals surface area contributed by atoms with Gasteiger partial charge in [0.1, 0.15) is 5.52 Å². The highest BCUT2D eigenvalue weighted by molar-refractivity contribution is 5.97. The normalized spacial score (nSPS) is 13.0. The molecule has 0 fully saturated rings. The minimum atomic E-state index is -4.48. The van der Waals surface area contributed by atoms with E-state index in [4.69, 9.17) is 4.42 Å². The van der Waals surface area contributed by atoms with Gasteiger partial charge in [-0.15, -0.1) is 0 Å². The number of imidazole rings is 1. The van der Waals surface area contributed by atoms with Crippen LogP contribution in [0.4, 0.5) is 25.1 Å². The maximum Gasteiger partial charge on any atom is 0.416 e. The van der Waals surface area contributed by atoms with Gasteiger partial charge in [0.2, 0.25) is 5.95 Å². The van der Waals surface area contributed by atoms with Gasteiger partial charge in [0, 0.05) is 19.2 Å². The topological polar surface area (TPSA) is 105 Å². The summed E-state index contributed by atoms with van der Waals surface area (Å²) < 4.78 is 45.8. The first-order valence-corrected chi connectivity index (χ1v) is 9.29. The van der Waals surface area contributed by atoms with E-state index in [0.717, 1.165) is 12.1 Å². The molecule has 0 saturated heterocycles. The summed E-state index contributed by atoms with van der Waals surface area (Å²) in [7, 11) is 1.73. The number of halogens is 3. The molecule has 1 atom stereocenters. The van der Waals surface area contributed by atoms with Crippen LogP contribution in [0.3, 0.4) is 0 Å². The number of carbonyl (C=O) groups excluding carboxylic acids is 1. The zero-order chi connectivity index (χ0) is 22.3. The largest absolute Gasteiger partial charge is 0.423 e. The average Bonchev–Trinajstić information content (AvgIpc) is 3.25. The van der Waals surface area contributed by atoms with Gasteiger partial charge in [-0.1, -0.05) is 0 Å². The number of nitrogens with one attached hydrogen (secondary N) is 2. The van der Waals surface area contributed by atoms with Crippen LogP contribution in [0, 0.1) is 0 Å². The molecule has 162 valence electrons. The van der Waals surface area contributed by atoms with Gasteiger partial charge in [-0.05, 0) is 43.3 Å². The maximum absolute atomic E-state index is 12.9. The Morgan fingerprint density at radius 1 is 1.19 bits per heavy atom. The van der Waals surface area contributed by atoms with E-state index < -0.39 is 17.8 Å². The van der Waals surface area contributed by atoms with Crippen LogP contribution in [0.15, 0.2) is 40.8 Å². The highest BCUT2D eigenvalue weighted by Gasteiger charge is 2.31. The highest BCUT2D eigenvalue weighted by Crippen LogP contribution is 2.32. The van der Waals surface area contributed by atoms with Crippen molar-refractivity contribution in [3.8, 4) is 0 Å². The number of carbonyl (C=O) groups is 1. The molecule has 0 aliphatic carbocycles. The first-order chi connectivity index (χ1) is 14.6. The Labute approximate surface area is 173 Å². The summed E-state index contributed by atoms with van der Waals surface area (Å²) in [5.41, 5.74) is 1.04. The number of anilines is 2. The van der Waals surface area contributed by atoms with E-state index >= 15 is 0 Å². The van der Waals surface area contributed by atoms with E-state index in [1.807, 2.05) is 0 Å². The molecule has 2 aromatic heterocycles. The van der Waals surface area contributed by atoms with Crippen molar-refractivity contribution in [1.82, 2.24) is 19.9 Å². The number of hydrogen-bond donors (Lipinski definition) is 3. The Kier molecular flexibility index (Phi) is 5.05. The van der Waals surface area contributed by atoms with Crippen molar-refractivity contribution >= 4 is 40.0 Å². The molecular weight excluding hydrogens is 415 g/mol. The molecule has 0 bridgehead atoms. The van der Waals surface area contributed by atoms with Crippen molar-refractivity contribution in [2.45, 2.75) is 19.2 Å². The number of rotatable bonds is 5. The van der Waals surface area contributed by atoms with E-state index in [1.165, 1.54) is 6.07 Å². The van der Waals surface area contributed by atoms with E-state index in [1.54, 1.807) is 36.7 Å². The van der Waals surface area contributed by atoms with Gasteiger partial charge in [-0.2, -0.15) is 18.2 Å². The Hall–Kier alpha value is -3.60. The number of nitrogens with zero attached hydrogens (tertiary/aromatic N) is 3. The van der Waals surface area contributed by atoms with Gasteiger partial charge < -0.3 is 19.4 Å². The summed E-state index contributed by atoms with van der Waals surface area (Å²) in [5.74, 6) is -0.0125. The number of aliphatic hydroxyl groups is 1. The minimum Gasteiger partial charge on any atom is -0.423 e. The van der Waals surface area contributed by atoms with Gasteiger partial charge in [0.15, 0.2) is 5.58 Å². The Morgan fingerprint density at radius 3 is 2.68 bits per heavy atom. The number of benzene rings is 2. The molecule has 0 saturated carbocycles. The van der Waals surface area contributed by atoms with Crippen LogP contribution in [-0.4, -0.2) is 38.2 Å². The number of amides is 1. The number of oxazole rings is 1. The minimum absolute atomic E-state index is 0.00634. The van der Waals surface area contributed by atoms with Crippen molar-refractivity contribution in [3.63, 3.8) is 0 Å². The van der Waals surface area contributed by atoms with E-state index in [0.29, 0.717) is 22.5 Å². The van der Waals surface area contributed by atoms with Crippen molar-refractivity contribution in [1.29, 1.82) is 0 Å². The Balaban J connectivity index is 1.61. The summed E-state index contributed by atoms with van der Waals surface area (Å²) in [4.78, 5) is 20.8. The van der Waals surface area contributed by atoms with Crippen molar-refractivity contribution in [3.05, 3.63) is 47.5 Å². The van der Waals surface area contributed by atoms with Gasteiger partial charge in [-0.25, -0.2) is 4.98 Å². The fourth-order valence-electron chi connectivity index (χ4n) is 3.05. The zero-order valence-corrected chi connectivity index (χ0v) is 16.5. The number of hydrogen-bond acceptors (Lipinski definition) is 6. The van der Waals surface area contributed by atoms with Crippen LogP contribution >= 0.6 is 0 Å². The van der Waals surface area contributed by atoms with Crippen LogP contribution in [0.25, 0.3) is 22.1 Å². The number of aromatic nitrogens is 3. The highest BCUT2D eigenvalue weighted by atomic mass is 19.4. The lowest BCUT2D eigenvalue weighted by Crippen LogP contribution is -2.30. The standard InChI is InChI=1S/C20H18F3N5O3/c1-10(29)9-24-17(30)11-3-6-15-14(7-11)25-18(28(15)2)27-19-26-13-5-4-12(20(21,22)23)8-16(13)31-19/h3-8,10,29H,9H2,1-2H3,(H,24,30)(H,25,26,27). The van der Waals surface area contributed by atoms with Crippen LogP contribution in [0.2, 0.25) is 0 Å². The van der Waals surface area contributed by atoms with Crippen LogP contribution in [-0.2, 0) is 13.2 Å². The molecule has 11 heteroatoms. The van der Waals surface area contributed by atoms with Crippen LogP contribution in [0.5, 0.6) is 0 Å². The molecule has 0 spiro atoms. The summed E-state index contributed by atoms with van der Waals surface area (Å²) in [6, 6.07) is 7.99. The number of aryl methyl sites for hydroxylation is 1. The smallest absolute Gasteiger partial charge is 0.416 e. The number of alkyl halides is 3. The predicted molar refractivity (Wildman–Crippen MR) is 107 cm³/mol. The summed E-state index contributed by atoms with van der Waals surface area (Å²) >= 11 is 0. The third-order valence-corrected chi connectivity index (χ3v) is 4.64. The lowest BCUT2D eigenvalue weighted by atomic mass is 10.2. The second-order valence-corrected chi connectivity index (χ2v) is 7.08. The van der Waals surface area contributed by atoms with E-state index in [9.17, 15) is 23.1 Å². The second-order valence-electron chi connectivity index (χ2n) is 7.08. The average molecular weight is 433 g/mol. The molecule has 31 heavy (non-hydrogen) atoms. The fourth-order valence-corrected chi connectivity index (χ4v) is 3.05. The third-order valence-electron chi connectivity index (χ3n) is 4.64. The molecule has 0 radical (unpaired) electrons. The maximum atomic E-state index is 12.9. The molecule has 1 amide bonds. The van der Waals surface area contributed by atoms with Crippen molar-refractivity contribution in [2.24, 2.45) is 7.05 Å². The summed E-state index contributed by atoms with van der Waals surface area (Å²) in [6.07, 6.45) is -5.15. The van der Waals surface area contributed by atoms with Crippen molar-refractivity contribution < 1.29 is 27.5 Å². The number of fused-ring (bicyclic) bond motifs is 2. The van der Waals surface area contributed by atoms with Crippen LogP contribution in [0.1, 0.15) is 22.8 Å². The van der Waals surface area contributed by atoms with E-state index in [2.05, 4.69) is 20.6 Å². The zero-order valence-electron chi connectivity index (χ0n) is 16.5. The Morgan fingerprint density at radius 2 is 1.97 bits per heavy atom. The molecular formula is C20H18F3N5O3. The molecule has 8 nitrogen and oxygen atoms in total. The molecule has 4 rings (SSSR count). The lowest BCUT2D eigenvalue weighted by molar-refractivity contribution is -0.137. The molecule has 2 heterocycles. The first-order valence-electron chi connectivity index (χ1n) is 9.29. The first kappa shape index (κ1) is 20.7. The molecule has 0 aliphatic rings. The molecule has 4 aromatic rings. The van der Waals surface area contributed by atoms with Gasteiger partial charge in [0.05, 0.1) is 22.7 Å². The monoisotopic (exact) mass is 433 g/mol. The van der Waals surface area contributed by atoms with Crippen molar-refractivity contribution in [2.75, 3.05) is 11.9 Å². The summed E-state index contributed by atoms with van der Waals surface area (Å²) in [5, 5.41) is 14.8. The summed E-state index contributed by atoms with van der Waals surface area (Å²) in [6.45, 7) is 1.69. The Bertz CT molecular complexity index is 1280. The lowest BCUT2D eigenvalue weighted by Gasteiger charge is -2.07. The van der Waals surface area contributed by atoms with E-state index in [-0.39, 0.29) is 29.6 Å². The molecule has 2 aromatic carbocycles. The SMILES string of the molecule is CC(O)CNC(=O)c1ccc2c(c1)nc(Nc1nc3ccc(C(F)(F)F)cc3o1)n2C. The third kappa shape index (κ3) is 4.17. The molecule has 3 N–H and O–H groups in total. The van der Waals surface area contributed by atoms with Gasteiger partial charge in [-0.3, -0.25) is 10.1 Å². The molecule has 1 unspecified atom stereocenters. The van der Waals surface area contributed by atoms with Gasteiger partial charge >= 0.3 is 12.2 Å². The van der Waals surface area contributed by atoms with Crippen LogP contribution < -0.4 is 10.6 Å². The predicted octanol–water partition coefficient (Wildman–Crippen LogP) is 3.59. The fraction of sp³-hybridized carbons (Fsp3) is 0.250. The second kappa shape index (κ2) is 7.58. The number of aliphatic hydroxyl groups excluding tert-OH is 1. The quantitative estimate of drug-likeness (QED) is 0.444. The van der Waals surface area contributed by atoms with Gasteiger partial charge in [0.25, 0.3) is 5.91 Å². The molecule has 0 aliphatic heterocycles.